The van der Waals surface area contributed by atoms with Crippen LogP contribution in [0.5, 0.6) is 0 Å². The van der Waals surface area contributed by atoms with Gasteiger partial charge in [-0.15, -0.1) is 17.5 Å². The fourth-order valence-corrected chi connectivity index (χ4v) is 2.20. The Morgan fingerprint density at radius 2 is 1.86 bits per heavy atom. The summed E-state index contributed by atoms with van der Waals surface area (Å²) in [5.74, 6) is 0.825. The van der Waals surface area contributed by atoms with Crippen LogP contribution in [0.3, 0.4) is 0 Å². The molecule has 0 aliphatic carbocycles. The molecule has 3 rings (SSSR count). The molecule has 1 heterocycles. The summed E-state index contributed by atoms with van der Waals surface area (Å²) in [6.07, 6.45) is 0. The lowest BCUT2D eigenvalue weighted by Gasteiger charge is -2.02. The number of halogens is 2. The number of nitrogens with one attached hydrogen (secondary N) is 1. The standard InChI is InChI=1S/C15H14ClN5.ClH/c16-12-6-4-5-11(9-12)10-18-15-19-14(17)21(20-15)13-7-2-1-3-8-13;/h1-9H,10H2,(H3,17,18,19,20);1H. The third-order valence-electron chi connectivity index (χ3n) is 2.97. The van der Waals surface area contributed by atoms with Crippen LogP contribution in [0.15, 0.2) is 54.6 Å². The average Bonchev–Trinajstić information content (AvgIpc) is 2.87. The van der Waals surface area contributed by atoms with E-state index in [0.29, 0.717) is 23.5 Å². The first-order valence-corrected chi connectivity index (χ1v) is 6.86. The molecule has 0 spiro atoms. The van der Waals surface area contributed by atoms with Crippen LogP contribution < -0.4 is 11.1 Å². The molecule has 5 nitrogen and oxygen atoms in total. The second-order valence-electron chi connectivity index (χ2n) is 4.52. The number of benzene rings is 2. The van der Waals surface area contributed by atoms with Crippen LogP contribution in [0.4, 0.5) is 11.9 Å². The van der Waals surface area contributed by atoms with Gasteiger partial charge in [-0.05, 0) is 29.8 Å². The molecule has 7 heteroatoms. The van der Waals surface area contributed by atoms with Crippen molar-refractivity contribution in [1.29, 1.82) is 0 Å². The van der Waals surface area contributed by atoms with Gasteiger partial charge in [0.15, 0.2) is 0 Å². The Balaban J connectivity index is 0.00000176. The van der Waals surface area contributed by atoms with Crippen LogP contribution in [0.25, 0.3) is 5.69 Å². The molecule has 0 unspecified atom stereocenters. The smallest absolute Gasteiger partial charge is 0.244 e. The Hall–Kier alpha value is -2.24. The molecule has 22 heavy (non-hydrogen) atoms. The predicted molar refractivity (Wildman–Crippen MR) is 91.8 cm³/mol. The second kappa shape index (κ2) is 7.15. The summed E-state index contributed by atoms with van der Waals surface area (Å²) < 4.78 is 1.60. The molecule has 0 radical (unpaired) electrons. The molecule has 0 bridgehead atoms. The van der Waals surface area contributed by atoms with E-state index in [1.807, 2.05) is 54.6 Å². The fraction of sp³-hybridized carbons (Fsp3) is 0.0667. The minimum absolute atomic E-state index is 0. The van der Waals surface area contributed by atoms with Crippen molar-refractivity contribution in [3.63, 3.8) is 0 Å². The highest BCUT2D eigenvalue weighted by atomic mass is 35.5. The van der Waals surface area contributed by atoms with E-state index in [2.05, 4.69) is 15.4 Å². The van der Waals surface area contributed by atoms with Crippen molar-refractivity contribution in [2.75, 3.05) is 11.1 Å². The summed E-state index contributed by atoms with van der Waals surface area (Å²) in [5, 5.41) is 8.20. The first kappa shape index (κ1) is 16.1. The van der Waals surface area contributed by atoms with E-state index < -0.39 is 0 Å². The van der Waals surface area contributed by atoms with E-state index in [9.17, 15) is 0 Å². The SMILES string of the molecule is Cl.Nc1nc(NCc2cccc(Cl)c2)nn1-c1ccccc1. The number of nitrogen functional groups attached to an aromatic ring is 1. The predicted octanol–water partition coefficient (Wildman–Crippen LogP) is 3.54. The molecule has 0 aliphatic rings. The van der Waals surface area contributed by atoms with Crippen LogP contribution in [-0.4, -0.2) is 14.8 Å². The number of aromatic nitrogens is 3. The largest absolute Gasteiger partial charge is 0.368 e. The number of nitrogens with two attached hydrogens (primary N) is 1. The Kier molecular flexibility index (Phi) is 5.25. The van der Waals surface area contributed by atoms with Crippen LogP contribution in [0, 0.1) is 0 Å². The number of hydrogen-bond acceptors (Lipinski definition) is 4. The van der Waals surface area contributed by atoms with E-state index >= 15 is 0 Å². The molecule has 1 aromatic heterocycles. The zero-order valence-corrected chi connectivity index (χ0v) is 13.2. The Labute approximate surface area is 139 Å². The molecule has 0 saturated heterocycles. The highest BCUT2D eigenvalue weighted by Crippen LogP contribution is 2.15. The zero-order valence-electron chi connectivity index (χ0n) is 11.6. The maximum absolute atomic E-state index is 5.95. The van der Waals surface area contributed by atoms with E-state index in [4.69, 9.17) is 17.3 Å². The summed E-state index contributed by atoms with van der Waals surface area (Å²) in [7, 11) is 0. The summed E-state index contributed by atoms with van der Waals surface area (Å²) >= 11 is 5.95. The highest BCUT2D eigenvalue weighted by Gasteiger charge is 2.08. The van der Waals surface area contributed by atoms with Crippen molar-refractivity contribution in [3.05, 3.63) is 65.2 Å². The molecular weight excluding hydrogens is 321 g/mol. The van der Waals surface area contributed by atoms with E-state index in [0.717, 1.165) is 11.3 Å². The normalized spacial score (nSPS) is 10.0. The lowest BCUT2D eigenvalue weighted by atomic mass is 10.2. The van der Waals surface area contributed by atoms with E-state index in [1.54, 1.807) is 4.68 Å². The minimum atomic E-state index is 0. The molecule has 0 saturated carbocycles. The topological polar surface area (TPSA) is 68.8 Å². The quantitative estimate of drug-likeness (QED) is 0.765. The molecule has 3 N–H and O–H groups in total. The van der Waals surface area contributed by atoms with Gasteiger partial charge in [-0.3, -0.25) is 0 Å². The van der Waals surface area contributed by atoms with Gasteiger partial charge < -0.3 is 11.1 Å². The number of anilines is 2. The van der Waals surface area contributed by atoms with Crippen LogP contribution in [-0.2, 0) is 6.54 Å². The number of nitrogens with zero attached hydrogens (tertiary/aromatic N) is 3. The molecule has 3 aromatic rings. The molecule has 114 valence electrons. The summed E-state index contributed by atoms with van der Waals surface area (Å²) in [4.78, 5) is 4.21. The molecular formula is C15H15Cl2N5. The molecule has 0 aliphatic heterocycles. The number of rotatable bonds is 4. The van der Waals surface area contributed by atoms with Gasteiger partial charge >= 0.3 is 0 Å². The van der Waals surface area contributed by atoms with Gasteiger partial charge in [0.05, 0.1) is 5.69 Å². The van der Waals surface area contributed by atoms with Crippen molar-refractivity contribution >= 4 is 35.9 Å². The Morgan fingerprint density at radius 3 is 2.59 bits per heavy atom. The summed E-state index contributed by atoms with van der Waals surface area (Å²) in [6.45, 7) is 0.582. The third-order valence-corrected chi connectivity index (χ3v) is 3.21. The maximum atomic E-state index is 5.95. The van der Waals surface area contributed by atoms with Crippen molar-refractivity contribution < 1.29 is 0 Å². The molecule has 2 aromatic carbocycles. The molecule has 0 amide bonds. The van der Waals surface area contributed by atoms with Gasteiger partial charge in [-0.25, -0.2) is 0 Å². The van der Waals surface area contributed by atoms with Gasteiger partial charge in [-0.2, -0.15) is 9.67 Å². The lowest BCUT2D eigenvalue weighted by Crippen LogP contribution is -2.03. The van der Waals surface area contributed by atoms with Crippen molar-refractivity contribution in [1.82, 2.24) is 14.8 Å². The van der Waals surface area contributed by atoms with Crippen molar-refractivity contribution in [2.45, 2.75) is 6.54 Å². The maximum Gasteiger partial charge on any atom is 0.244 e. The van der Waals surface area contributed by atoms with Gasteiger partial charge in [-0.1, -0.05) is 41.9 Å². The zero-order chi connectivity index (χ0) is 14.7. The monoisotopic (exact) mass is 335 g/mol. The van der Waals surface area contributed by atoms with E-state index in [-0.39, 0.29) is 12.4 Å². The summed E-state index contributed by atoms with van der Waals surface area (Å²) in [5.41, 5.74) is 7.82. The van der Waals surface area contributed by atoms with Gasteiger partial charge in [0, 0.05) is 11.6 Å². The second-order valence-corrected chi connectivity index (χ2v) is 4.96. The number of hydrogen-bond donors (Lipinski definition) is 2. The summed E-state index contributed by atoms with van der Waals surface area (Å²) in [6, 6.07) is 17.3. The van der Waals surface area contributed by atoms with Crippen LogP contribution in [0.2, 0.25) is 5.02 Å². The minimum Gasteiger partial charge on any atom is -0.368 e. The number of para-hydroxylation sites is 1. The fourth-order valence-electron chi connectivity index (χ4n) is 1.99. The Bertz CT molecular complexity index is 743. The van der Waals surface area contributed by atoms with Gasteiger partial charge in [0.1, 0.15) is 0 Å². The third kappa shape index (κ3) is 3.69. The van der Waals surface area contributed by atoms with Crippen molar-refractivity contribution in [3.8, 4) is 5.69 Å². The van der Waals surface area contributed by atoms with Gasteiger partial charge in [0.2, 0.25) is 11.9 Å². The molecule has 0 atom stereocenters. The lowest BCUT2D eigenvalue weighted by molar-refractivity contribution is 0.887. The Morgan fingerprint density at radius 1 is 1.09 bits per heavy atom. The van der Waals surface area contributed by atoms with Crippen LogP contribution >= 0.6 is 24.0 Å². The van der Waals surface area contributed by atoms with E-state index in [1.165, 1.54) is 0 Å². The van der Waals surface area contributed by atoms with Gasteiger partial charge in [0.25, 0.3) is 0 Å². The first-order valence-electron chi connectivity index (χ1n) is 6.48. The highest BCUT2D eigenvalue weighted by molar-refractivity contribution is 6.30. The molecule has 0 fully saturated rings. The van der Waals surface area contributed by atoms with Crippen LogP contribution in [0.1, 0.15) is 5.56 Å². The van der Waals surface area contributed by atoms with Crippen molar-refractivity contribution in [2.24, 2.45) is 0 Å². The average molecular weight is 336 g/mol. The first-order chi connectivity index (χ1) is 10.2.